The molecule has 51 heteroatoms. The molecular weight excluding hydrogens is 1970 g/mol. The second-order valence-corrected chi connectivity index (χ2v) is 37.0. The van der Waals surface area contributed by atoms with Crippen molar-refractivity contribution in [2.24, 2.45) is 11.8 Å². The van der Waals surface area contributed by atoms with Crippen molar-refractivity contribution in [3.05, 3.63) is 29.8 Å². The summed E-state index contributed by atoms with van der Waals surface area (Å²) in [6, 6.07) is 2.63. The Bertz CT molecular complexity index is 4080. The van der Waals surface area contributed by atoms with Crippen molar-refractivity contribution in [3.63, 3.8) is 0 Å². The summed E-state index contributed by atoms with van der Waals surface area (Å²) in [4.78, 5) is 240. The minimum absolute atomic E-state index is 0.0124. The fourth-order valence-electron chi connectivity index (χ4n) is 15.3. The molecule has 4 rings (SSSR count). The third kappa shape index (κ3) is 53.6. The average molecular weight is 2130 g/mol. The molecule has 50 nitrogen and oxygen atoms in total. The molecule has 0 radical (unpaired) electrons. The molecule has 3 aliphatic rings. The van der Waals surface area contributed by atoms with Gasteiger partial charge in [-0.05, 0) is 93.9 Å². The van der Waals surface area contributed by atoms with Crippen LogP contribution in [0.4, 0.5) is 0 Å². The van der Waals surface area contributed by atoms with Gasteiger partial charge < -0.3 is 147 Å². The van der Waals surface area contributed by atoms with E-state index >= 15 is 0 Å². The van der Waals surface area contributed by atoms with Crippen LogP contribution in [0.5, 0.6) is 5.75 Å². The van der Waals surface area contributed by atoms with Crippen LogP contribution in [-0.2, 0) is 176 Å². The van der Waals surface area contributed by atoms with Crippen molar-refractivity contribution >= 4 is 121 Å². The monoisotopic (exact) mass is 2130 g/mol. The lowest BCUT2D eigenvalue weighted by Crippen LogP contribution is -2.66. The first-order chi connectivity index (χ1) is 70.3. The first-order valence-electron chi connectivity index (χ1n) is 49.4. The molecule has 0 bridgehead atoms. The van der Waals surface area contributed by atoms with Gasteiger partial charge in [0.25, 0.3) is 5.91 Å². The number of ether oxygens (including phenoxy) is 18. The van der Waals surface area contributed by atoms with Crippen LogP contribution in [0, 0.1) is 24.2 Å². The molecule has 10 amide bonds. The van der Waals surface area contributed by atoms with Gasteiger partial charge in [-0.15, -0.1) is 12.3 Å². The molecule has 3 aliphatic heterocycles. The van der Waals surface area contributed by atoms with E-state index in [9.17, 15) is 91.1 Å². The SMILES string of the molecule is C#CCCOP(NC(C(C)C)C(C)C)Oc1ccc(C(=O)NC(COCCC(=O)NCCCNC(=O)CCCCOC2OC(COC(C)=O)C(OC(C)=O)C(OC(C)=O)C2NC(C)=O)(COCCC(=O)NCCCNC(=O)CCCCOC2OC(COC(C)=O)C(OC(C)=O)C(OC(C)=O)C2NC(C)=O)COCCC(=O)NCCCNC(=O)CCCCOC2OC(COC(C)=O)C(OC(C)=O)C(OC(C)=O)C2NC(C)=O)cc1. The highest BCUT2D eigenvalue weighted by Gasteiger charge is 2.55. The molecular formula is C97H152N11O39P. The van der Waals surface area contributed by atoms with Crippen LogP contribution < -0.4 is 62.8 Å². The Morgan fingerprint density at radius 3 is 0.905 bits per heavy atom. The second kappa shape index (κ2) is 71.2. The van der Waals surface area contributed by atoms with Gasteiger partial charge in [0.2, 0.25) is 53.2 Å². The maximum absolute atomic E-state index is 14.8. The molecule has 1 aromatic rings. The topological polar surface area (TPSA) is 641 Å². The Labute approximate surface area is 863 Å². The lowest BCUT2D eigenvalue weighted by atomic mass is 9.94. The number of rotatable bonds is 71. The Kier molecular flexibility index (Phi) is 62.0. The first-order valence-corrected chi connectivity index (χ1v) is 50.6. The molecule has 0 saturated carbocycles. The zero-order valence-electron chi connectivity index (χ0n) is 87.4. The van der Waals surface area contributed by atoms with Crippen molar-refractivity contribution < 1.29 is 185 Å². The van der Waals surface area contributed by atoms with E-state index in [2.05, 4.69) is 91.9 Å². The number of amides is 10. The largest absolute Gasteiger partial charge is 0.463 e. The van der Waals surface area contributed by atoms with E-state index in [1.54, 1.807) is 12.1 Å². The standard InChI is InChI=1S/C97H152N11O39P/c1-18-19-48-137-148(108-83(58(2)3)59(4)5)147-73-34-32-72(33-35-73)93(127)107-97(55-128-49-36-80(124)101-42-26-39-98-77(121)29-20-23-45-131-94-84(104-60(6)109)90(141-69(15)118)87(138-66(12)115)74(144-94)52-134-63(9)112,56-129-50-37-81(125)102-43-27-40-99-78(122)30-21-24-46-132-95-85(105-61(7)110)91(142-70(16)119)88(139-67(13)116)75(145-95)53-135-64(10)113)57-130-51-38-82(126)103-44-28-41-100-79(123)31-22-25-47-133-96-86(106-62(8)111)92(143-71(17)120)89(140-68(14)117)76(146-96)54-136-65(11)114/h1,32-35,58-59,74-76,83-92,94-96,108H,19-31,36-57H2,2-17H3,(H,98,121)(H,99,122)(H,100,123)(H,101,124)(H,102,125)(H,103,126)(H,104,109)(H,105,110)(H,106,111)(H,107,127). The normalized spacial score (nSPS) is 20.9. The molecule has 834 valence electrons. The van der Waals surface area contributed by atoms with E-state index in [0.29, 0.717) is 70.0 Å². The summed E-state index contributed by atoms with van der Waals surface area (Å²) in [6.07, 6.45) is -7.16. The van der Waals surface area contributed by atoms with Crippen LogP contribution >= 0.6 is 8.53 Å². The molecule has 0 aliphatic carbocycles. The van der Waals surface area contributed by atoms with Gasteiger partial charge in [0.05, 0.1) is 46.2 Å². The molecule has 3 fully saturated rings. The molecule has 148 heavy (non-hydrogen) atoms. The Morgan fingerprint density at radius 2 is 0.642 bits per heavy atom. The van der Waals surface area contributed by atoms with Crippen molar-refractivity contribution in [1.29, 1.82) is 0 Å². The number of terminal acetylenes is 1. The molecule has 0 spiro atoms. The highest BCUT2D eigenvalue weighted by molar-refractivity contribution is 7.45. The molecule has 16 atom stereocenters. The van der Waals surface area contributed by atoms with E-state index < -0.39 is 221 Å². The zero-order chi connectivity index (χ0) is 110. The summed E-state index contributed by atoms with van der Waals surface area (Å²) in [5.41, 5.74) is -1.50. The third-order valence-electron chi connectivity index (χ3n) is 21.8. The lowest BCUT2D eigenvalue weighted by molar-refractivity contribution is -0.277. The second-order valence-electron chi connectivity index (χ2n) is 35.7. The number of carbonyl (C=O) groups excluding carboxylic acids is 19. The maximum atomic E-state index is 14.8. The van der Waals surface area contributed by atoms with E-state index in [4.69, 9.17) is 101 Å². The summed E-state index contributed by atoms with van der Waals surface area (Å²) in [7, 11) is -1.75. The molecule has 3 heterocycles. The molecule has 0 aromatic heterocycles. The highest BCUT2D eigenvalue weighted by Crippen LogP contribution is 2.39. The van der Waals surface area contributed by atoms with Crippen LogP contribution in [0.2, 0.25) is 0 Å². The fraction of sp³-hybridized carbons (Fsp3) is 0.722. The van der Waals surface area contributed by atoms with Crippen LogP contribution in [-0.4, -0.2) is 341 Å². The van der Waals surface area contributed by atoms with Gasteiger partial charge in [-0.25, -0.2) is 5.09 Å². The Balaban J connectivity index is 1.46. The number of carbonyl (C=O) groups is 19. The quantitative estimate of drug-likeness (QED) is 0.0145. The summed E-state index contributed by atoms with van der Waals surface area (Å²) in [5, 5.41) is 31.2. The van der Waals surface area contributed by atoms with Crippen LogP contribution in [0.1, 0.15) is 224 Å². The minimum Gasteiger partial charge on any atom is -0.463 e. The number of nitrogens with one attached hydrogen (secondary N) is 11. The van der Waals surface area contributed by atoms with Crippen LogP contribution in [0.25, 0.3) is 0 Å². The maximum Gasteiger partial charge on any atom is 0.318 e. The van der Waals surface area contributed by atoms with E-state index in [1.165, 1.54) is 32.9 Å². The van der Waals surface area contributed by atoms with Gasteiger partial charge in [0.1, 0.15) is 67.5 Å². The molecule has 16 unspecified atom stereocenters. The number of benzene rings is 1. The molecule has 1 aromatic carbocycles. The van der Waals surface area contributed by atoms with Crippen LogP contribution in [0.3, 0.4) is 0 Å². The first kappa shape index (κ1) is 129. The summed E-state index contributed by atoms with van der Waals surface area (Å²) in [5.74, 6) is -8.03. The Morgan fingerprint density at radius 1 is 0.358 bits per heavy atom. The Hall–Kier alpha value is -11.5. The minimum atomic E-state index is -1.75. The van der Waals surface area contributed by atoms with Gasteiger partial charge in [0, 0.05) is 199 Å². The smallest absolute Gasteiger partial charge is 0.318 e. The van der Waals surface area contributed by atoms with Crippen molar-refractivity contribution in [3.8, 4) is 18.1 Å². The van der Waals surface area contributed by atoms with E-state index in [0.717, 1.165) is 62.3 Å². The average Bonchev–Trinajstić information content (AvgIpc) is 0.791. The van der Waals surface area contributed by atoms with Crippen molar-refractivity contribution in [2.45, 2.75) is 317 Å². The number of esters is 9. The lowest BCUT2D eigenvalue weighted by Gasteiger charge is -2.44. The fourth-order valence-corrected chi connectivity index (χ4v) is 16.9. The van der Waals surface area contributed by atoms with Crippen molar-refractivity contribution in [1.82, 2.24) is 58.3 Å². The number of hydrogen-bond donors (Lipinski definition) is 11. The van der Waals surface area contributed by atoms with Gasteiger partial charge in [-0.3, -0.25) is 91.1 Å². The van der Waals surface area contributed by atoms with Gasteiger partial charge >= 0.3 is 62.2 Å². The predicted octanol–water partition coefficient (Wildman–Crippen LogP) is 1.69. The number of hydrogen-bond acceptors (Lipinski definition) is 40. The van der Waals surface area contributed by atoms with Crippen LogP contribution in [0.15, 0.2) is 24.3 Å². The van der Waals surface area contributed by atoms with E-state index in [1.807, 2.05) is 0 Å². The molecule has 11 N–H and O–H groups in total. The predicted molar refractivity (Wildman–Crippen MR) is 520 cm³/mol. The van der Waals surface area contributed by atoms with Gasteiger partial charge in [0.15, 0.2) is 55.5 Å². The zero-order valence-corrected chi connectivity index (χ0v) is 88.3. The van der Waals surface area contributed by atoms with Gasteiger partial charge in [-0.2, -0.15) is 0 Å². The van der Waals surface area contributed by atoms with Crippen molar-refractivity contribution in [2.75, 3.05) is 125 Å². The summed E-state index contributed by atoms with van der Waals surface area (Å²) < 4.78 is 115. The number of unbranched alkanes of at least 4 members (excludes halogenated alkanes) is 3. The third-order valence-corrected chi connectivity index (χ3v) is 23.1. The highest BCUT2D eigenvalue weighted by atomic mass is 31.2. The van der Waals surface area contributed by atoms with E-state index in [-0.39, 0.29) is 185 Å². The summed E-state index contributed by atoms with van der Waals surface area (Å²) in [6.45, 7) is 19.9. The summed E-state index contributed by atoms with van der Waals surface area (Å²) >= 11 is 0. The molecule has 3 saturated heterocycles. The van der Waals surface area contributed by atoms with Gasteiger partial charge in [-0.1, -0.05) is 27.7 Å².